The van der Waals surface area contributed by atoms with E-state index in [2.05, 4.69) is 15.2 Å². The molecule has 0 saturated carbocycles. The molecule has 0 aliphatic carbocycles. The van der Waals surface area contributed by atoms with Crippen LogP contribution >= 0.6 is 0 Å². The molecule has 180 valence electrons. The maximum Gasteiger partial charge on any atom is 0.277 e. The fourth-order valence-electron chi connectivity index (χ4n) is 4.55. The van der Waals surface area contributed by atoms with E-state index in [4.69, 9.17) is 14.5 Å². The van der Waals surface area contributed by atoms with Gasteiger partial charge in [-0.25, -0.2) is 9.97 Å². The SMILES string of the molecule is CCO[C@H]1CN(c2ccccn2)C[C@H]1Nc1c(C)nc(-c2ccc(OC)cc2C)n(CC)c1=O. The molecular formula is C26H33N5O3. The Hall–Kier alpha value is -3.39. The van der Waals surface area contributed by atoms with Gasteiger partial charge < -0.3 is 19.7 Å². The molecule has 0 spiro atoms. The molecule has 1 N–H and O–H groups in total. The van der Waals surface area contributed by atoms with E-state index in [0.29, 0.717) is 43.4 Å². The van der Waals surface area contributed by atoms with Gasteiger partial charge in [0.25, 0.3) is 5.56 Å². The van der Waals surface area contributed by atoms with Crippen LogP contribution in [0.25, 0.3) is 11.4 Å². The Labute approximate surface area is 200 Å². The highest BCUT2D eigenvalue weighted by Gasteiger charge is 2.35. The average Bonchev–Trinajstić information content (AvgIpc) is 3.24. The van der Waals surface area contributed by atoms with Gasteiger partial charge in [0.15, 0.2) is 0 Å². The van der Waals surface area contributed by atoms with Crippen molar-refractivity contribution in [2.75, 3.05) is 37.0 Å². The zero-order valence-electron chi connectivity index (χ0n) is 20.5. The number of rotatable bonds is 8. The maximum atomic E-state index is 13.6. The van der Waals surface area contributed by atoms with Crippen molar-refractivity contribution in [1.82, 2.24) is 14.5 Å². The highest BCUT2D eigenvalue weighted by molar-refractivity contribution is 5.64. The van der Waals surface area contributed by atoms with Gasteiger partial charge in [-0.2, -0.15) is 0 Å². The Morgan fingerprint density at radius 1 is 1.15 bits per heavy atom. The van der Waals surface area contributed by atoms with E-state index in [1.807, 2.05) is 64.1 Å². The van der Waals surface area contributed by atoms with Crippen LogP contribution in [0.5, 0.6) is 5.75 Å². The third kappa shape index (κ3) is 4.63. The van der Waals surface area contributed by atoms with Crippen LogP contribution in [-0.2, 0) is 11.3 Å². The maximum absolute atomic E-state index is 13.6. The number of anilines is 2. The number of nitrogens with one attached hydrogen (secondary N) is 1. The van der Waals surface area contributed by atoms with Gasteiger partial charge in [0.05, 0.1) is 24.9 Å². The number of benzene rings is 1. The standard InChI is InChI=1S/C26H33N5O3/c1-6-31-25(20-12-11-19(33-5)14-17(20)3)28-18(4)24(26(31)32)29-21-15-30(16-22(21)34-7-2)23-10-8-9-13-27-23/h8-14,21-22,29H,6-7,15-16H2,1-5H3/t21-,22+/m1/s1. The predicted octanol–water partition coefficient (Wildman–Crippen LogP) is 3.66. The molecule has 1 aromatic carbocycles. The third-order valence-electron chi connectivity index (χ3n) is 6.29. The van der Waals surface area contributed by atoms with Crippen LogP contribution in [0.1, 0.15) is 25.1 Å². The zero-order chi connectivity index (χ0) is 24.2. The van der Waals surface area contributed by atoms with Crippen LogP contribution in [0, 0.1) is 13.8 Å². The van der Waals surface area contributed by atoms with Crippen molar-refractivity contribution in [3.8, 4) is 17.1 Å². The van der Waals surface area contributed by atoms with Gasteiger partial charge in [-0.3, -0.25) is 9.36 Å². The fourth-order valence-corrected chi connectivity index (χ4v) is 4.55. The summed E-state index contributed by atoms with van der Waals surface area (Å²) in [6, 6.07) is 11.6. The largest absolute Gasteiger partial charge is 0.497 e. The van der Waals surface area contributed by atoms with Crippen molar-refractivity contribution in [2.45, 2.75) is 46.4 Å². The van der Waals surface area contributed by atoms with Crippen molar-refractivity contribution in [3.63, 3.8) is 0 Å². The first-order valence-corrected chi connectivity index (χ1v) is 11.8. The Morgan fingerprint density at radius 2 is 1.97 bits per heavy atom. The molecule has 0 bridgehead atoms. The number of hydrogen-bond acceptors (Lipinski definition) is 7. The molecule has 2 aromatic heterocycles. The summed E-state index contributed by atoms with van der Waals surface area (Å²) in [5.74, 6) is 2.35. The minimum atomic E-state index is -0.0771. The fraction of sp³-hybridized carbons (Fsp3) is 0.423. The molecule has 0 amide bonds. The molecule has 8 heteroatoms. The molecule has 34 heavy (non-hydrogen) atoms. The molecule has 4 rings (SSSR count). The van der Waals surface area contributed by atoms with Gasteiger partial charge >= 0.3 is 0 Å². The number of aromatic nitrogens is 3. The number of hydrogen-bond donors (Lipinski definition) is 1. The van der Waals surface area contributed by atoms with E-state index < -0.39 is 0 Å². The summed E-state index contributed by atoms with van der Waals surface area (Å²) in [5.41, 5.74) is 3.04. The summed E-state index contributed by atoms with van der Waals surface area (Å²) in [7, 11) is 1.65. The van der Waals surface area contributed by atoms with Gasteiger partial charge in [0.1, 0.15) is 23.1 Å². The van der Waals surface area contributed by atoms with Crippen LogP contribution in [0.3, 0.4) is 0 Å². The van der Waals surface area contributed by atoms with Gasteiger partial charge in [-0.15, -0.1) is 0 Å². The molecule has 1 saturated heterocycles. The molecule has 2 atom stereocenters. The molecule has 1 aliphatic heterocycles. The Balaban J connectivity index is 1.67. The molecule has 3 heterocycles. The summed E-state index contributed by atoms with van der Waals surface area (Å²) in [5, 5.41) is 3.49. The van der Waals surface area contributed by atoms with Crippen LogP contribution in [0.2, 0.25) is 0 Å². The van der Waals surface area contributed by atoms with Gasteiger partial charge in [0.2, 0.25) is 0 Å². The number of aryl methyl sites for hydroxylation is 2. The number of methoxy groups -OCH3 is 1. The van der Waals surface area contributed by atoms with E-state index >= 15 is 0 Å². The van der Waals surface area contributed by atoms with Crippen molar-refractivity contribution in [2.24, 2.45) is 0 Å². The first-order valence-electron chi connectivity index (χ1n) is 11.8. The van der Waals surface area contributed by atoms with Crippen LogP contribution in [0.15, 0.2) is 47.4 Å². The molecule has 1 aliphatic rings. The minimum absolute atomic E-state index is 0.0611. The number of ether oxygens (including phenoxy) is 2. The lowest BCUT2D eigenvalue weighted by Gasteiger charge is -2.23. The molecule has 0 radical (unpaired) electrons. The highest BCUT2D eigenvalue weighted by Crippen LogP contribution is 2.27. The Morgan fingerprint density at radius 3 is 2.62 bits per heavy atom. The highest BCUT2D eigenvalue weighted by atomic mass is 16.5. The smallest absolute Gasteiger partial charge is 0.277 e. The zero-order valence-corrected chi connectivity index (χ0v) is 20.5. The summed E-state index contributed by atoms with van der Waals surface area (Å²) in [6.45, 7) is 10.4. The Kier molecular flexibility index (Phi) is 7.17. The minimum Gasteiger partial charge on any atom is -0.497 e. The summed E-state index contributed by atoms with van der Waals surface area (Å²) >= 11 is 0. The first-order chi connectivity index (χ1) is 16.5. The van der Waals surface area contributed by atoms with Crippen LogP contribution in [0.4, 0.5) is 11.5 Å². The summed E-state index contributed by atoms with van der Waals surface area (Å²) < 4.78 is 13.1. The van der Waals surface area contributed by atoms with Gasteiger partial charge in [-0.1, -0.05) is 6.07 Å². The second kappa shape index (κ2) is 10.3. The monoisotopic (exact) mass is 463 g/mol. The number of pyridine rings is 1. The lowest BCUT2D eigenvalue weighted by molar-refractivity contribution is 0.0720. The molecular weight excluding hydrogens is 430 g/mol. The van der Waals surface area contributed by atoms with Crippen molar-refractivity contribution in [3.05, 3.63) is 64.2 Å². The van der Waals surface area contributed by atoms with Crippen LogP contribution < -0.4 is 20.5 Å². The average molecular weight is 464 g/mol. The van der Waals surface area contributed by atoms with E-state index in [9.17, 15) is 4.79 Å². The van der Waals surface area contributed by atoms with E-state index in [0.717, 1.165) is 22.7 Å². The van der Waals surface area contributed by atoms with Crippen molar-refractivity contribution < 1.29 is 9.47 Å². The number of nitrogens with zero attached hydrogens (tertiary/aromatic N) is 4. The van der Waals surface area contributed by atoms with Crippen molar-refractivity contribution >= 4 is 11.5 Å². The topological polar surface area (TPSA) is 81.5 Å². The quantitative estimate of drug-likeness (QED) is 0.546. The second-order valence-corrected chi connectivity index (χ2v) is 8.46. The molecule has 8 nitrogen and oxygen atoms in total. The van der Waals surface area contributed by atoms with Gasteiger partial charge in [-0.05, 0) is 63.6 Å². The van der Waals surface area contributed by atoms with E-state index in [-0.39, 0.29) is 17.7 Å². The van der Waals surface area contributed by atoms with E-state index in [1.165, 1.54) is 0 Å². The molecule has 3 aromatic rings. The molecule has 0 unspecified atom stereocenters. The van der Waals surface area contributed by atoms with Gasteiger partial charge in [0, 0.05) is 38.0 Å². The predicted molar refractivity (Wildman–Crippen MR) is 135 cm³/mol. The van der Waals surface area contributed by atoms with Crippen LogP contribution in [-0.4, -0.2) is 53.5 Å². The normalized spacial score (nSPS) is 17.7. The van der Waals surface area contributed by atoms with Crippen molar-refractivity contribution in [1.29, 1.82) is 0 Å². The lowest BCUT2D eigenvalue weighted by Crippen LogP contribution is -2.38. The Bertz CT molecular complexity index is 1200. The van der Waals surface area contributed by atoms with E-state index in [1.54, 1.807) is 17.9 Å². The first kappa shape index (κ1) is 23.8. The summed E-state index contributed by atoms with van der Waals surface area (Å²) in [6.07, 6.45) is 1.73. The third-order valence-corrected chi connectivity index (χ3v) is 6.29. The summed E-state index contributed by atoms with van der Waals surface area (Å²) in [4.78, 5) is 25.2. The second-order valence-electron chi connectivity index (χ2n) is 8.46. The molecule has 1 fully saturated rings. The lowest BCUT2D eigenvalue weighted by atomic mass is 10.1.